The maximum atomic E-state index is 12.0. The average Bonchev–Trinajstić information content (AvgIpc) is 2.88. The van der Waals surface area contributed by atoms with Crippen molar-refractivity contribution in [3.63, 3.8) is 0 Å². The summed E-state index contributed by atoms with van der Waals surface area (Å²) < 4.78 is 25.5. The van der Waals surface area contributed by atoms with Gasteiger partial charge in [0.2, 0.25) is 10.0 Å². The molecule has 2 rings (SSSR count). The first-order valence-electron chi connectivity index (χ1n) is 7.28. The van der Waals surface area contributed by atoms with Crippen molar-refractivity contribution in [2.45, 2.75) is 32.2 Å². The molecule has 0 aliphatic rings. The first-order valence-corrected chi connectivity index (χ1v) is 8.93. The number of rotatable bonds is 7. The first kappa shape index (κ1) is 19.5. The van der Waals surface area contributed by atoms with Gasteiger partial charge in [-0.2, -0.15) is 0 Å². The molecule has 4 N–H and O–H groups in total. The minimum absolute atomic E-state index is 0. The lowest BCUT2D eigenvalue weighted by atomic mass is 10.1. The number of fused-ring (bicyclic) bond motifs is 1. The van der Waals surface area contributed by atoms with E-state index in [2.05, 4.69) is 4.98 Å². The average molecular weight is 360 g/mol. The Balaban J connectivity index is 0.00000264. The largest absolute Gasteiger partial charge is 0.361 e. The third-order valence-electron chi connectivity index (χ3n) is 3.47. The molecule has 1 atom stereocenters. The summed E-state index contributed by atoms with van der Waals surface area (Å²) in [6.07, 6.45) is 3.33. The quantitative estimate of drug-likeness (QED) is 0.699. The number of benzene rings is 1. The van der Waals surface area contributed by atoms with Gasteiger partial charge in [-0.05, 0) is 24.5 Å². The zero-order valence-corrected chi connectivity index (χ0v) is 14.5. The van der Waals surface area contributed by atoms with Gasteiger partial charge in [0.1, 0.15) is 0 Å². The van der Waals surface area contributed by atoms with Crippen molar-refractivity contribution >= 4 is 39.2 Å². The summed E-state index contributed by atoms with van der Waals surface area (Å²) in [5.41, 5.74) is 7.70. The highest BCUT2D eigenvalue weighted by molar-refractivity contribution is 7.90. The van der Waals surface area contributed by atoms with Gasteiger partial charge < -0.3 is 10.7 Å². The van der Waals surface area contributed by atoms with Crippen LogP contribution in [0.3, 0.4) is 0 Å². The molecular weight excluding hydrogens is 338 g/mol. The fourth-order valence-electron chi connectivity index (χ4n) is 2.24. The van der Waals surface area contributed by atoms with Crippen LogP contribution in [0.4, 0.5) is 0 Å². The van der Waals surface area contributed by atoms with Crippen LogP contribution in [-0.4, -0.2) is 31.1 Å². The predicted octanol–water partition coefficient (Wildman–Crippen LogP) is 1.71. The lowest BCUT2D eigenvalue weighted by Gasteiger charge is -2.12. The summed E-state index contributed by atoms with van der Waals surface area (Å²) in [6, 6.07) is 6.77. The molecular formula is C15H22ClN3O3S. The van der Waals surface area contributed by atoms with Gasteiger partial charge in [-0.3, -0.25) is 9.52 Å². The van der Waals surface area contributed by atoms with Crippen LogP contribution in [0.1, 0.15) is 25.3 Å². The van der Waals surface area contributed by atoms with Gasteiger partial charge in [0.15, 0.2) is 0 Å². The number of carbonyl (C=O) groups excluding carboxylic acids is 1. The normalized spacial score (nSPS) is 12.6. The van der Waals surface area contributed by atoms with E-state index in [4.69, 9.17) is 5.73 Å². The van der Waals surface area contributed by atoms with Gasteiger partial charge in [0.05, 0.1) is 11.8 Å². The number of aromatic nitrogens is 1. The van der Waals surface area contributed by atoms with E-state index < -0.39 is 22.0 Å². The van der Waals surface area contributed by atoms with Crippen LogP contribution in [0.25, 0.3) is 10.9 Å². The number of halogens is 1. The van der Waals surface area contributed by atoms with E-state index in [1.165, 1.54) is 0 Å². The van der Waals surface area contributed by atoms with Crippen LogP contribution in [-0.2, 0) is 21.2 Å². The molecule has 1 aromatic carbocycles. The second-order valence-electron chi connectivity index (χ2n) is 5.31. The fraction of sp³-hybridized carbons (Fsp3) is 0.400. The highest BCUT2D eigenvalue weighted by Gasteiger charge is 2.21. The number of unbranched alkanes of at least 4 members (excludes halogenated alkanes) is 1. The molecule has 6 nitrogen and oxygen atoms in total. The van der Waals surface area contributed by atoms with Crippen molar-refractivity contribution < 1.29 is 13.2 Å². The number of aromatic amines is 1. The lowest BCUT2D eigenvalue weighted by molar-refractivity contribution is -0.120. The highest BCUT2D eigenvalue weighted by atomic mass is 35.5. The van der Waals surface area contributed by atoms with Gasteiger partial charge in [0, 0.05) is 17.1 Å². The number of nitrogens with two attached hydrogens (primary N) is 1. The third-order valence-corrected chi connectivity index (χ3v) is 4.81. The predicted molar refractivity (Wildman–Crippen MR) is 94.1 cm³/mol. The van der Waals surface area contributed by atoms with E-state index in [1.54, 1.807) is 6.20 Å². The van der Waals surface area contributed by atoms with E-state index in [0.29, 0.717) is 6.42 Å². The van der Waals surface area contributed by atoms with Crippen molar-refractivity contribution in [1.82, 2.24) is 9.71 Å². The zero-order valence-electron chi connectivity index (χ0n) is 12.9. The topological polar surface area (TPSA) is 105 Å². The van der Waals surface area contributed by atoms with E-state index in [-0.39, 0.29) is 24.6 Å². The molecule has 0 aliphatic carbocycles. The van der Waals surface area contributed by atoms with Gasteiger partial charge >= 0.3 is 0 Å². The Morgan fingerprint density at radius 2 is 2.04 bits per heavy atom. The van der Waals surface area contributed by atoms with Crippen molar-refractivity contribution in [2.75, 3.05) is 5.75 Å². The van der Waals surface area contributed by atoms with Crippen LogP contribution in [0.5, 0.6) is 0 Å². The van der Waals surface area contributed by atoms with Crippen molar-refractivity contribution in [3.8, 4) is 0 Å². The molecule has 1 amide bonds. The number of hydrogen-bond acceptors (Lipinski definition) is 4. The zero-order chi connectivity index (χ0) is 16.2. The number of hydrogen-bond donors (Lipinski definition) is 3. The molecule has 0 bridgehead atoms. The van der Waals surface area contributed by atoms with Gasteiger partial charge in [-0.15, -0.1) is 12.4 Å². The molecule has 1 aromatic heterocycles. The summed E-state index contributed by atoms with van der Waals surface area (Å²) in [5.74, 6) is -0.726. The van der Waals surface area contributed by atoms with Gasteiger partial charge in [-0.1, -0.05) is 31.5 Å². The van der Waals surface area contributed by atoms with Crippen LogP contribution in [0.2, 0.25) is 0 Å². The molecule has 128 valence electrons. The van der Waals surface area contributed by atoms with E-state index >= 15 is 0 Å². The van der Waals surface area contributed by atoms with Crippen LogP contribution >= 0.6 is 12.4 Å². The Hall–Kier alpha value is -1.57. The number of amides is 1. The monoisotopic (exact) mass is 359 g/mol. The molecule has 0 unspecified atom stereocenters. The van der Waals surface area contributed by atoms with Crippen molar-refractivity contribution in [1.29, 1.82) is 0 Å². The Kier molecular flexibility index (Phi) is 7.05. The second kappa shape index (κ2) is 8.33. The van der Waals surface area contributed by atoms with Gasteiger partial charge in [-0.25, -0.2) is 8.42 Å². The summed E-state index contributed by atoms with van der Waals surface area (Å²) in [6.45, 7) is 1.89. The smallest absolute Gasteiger partial charge is 0.250 e. The van der Waals surface area contributed by atoms with Crippen LogP contribution < -0.4 is 10.5 Å². The Morgan fingerprint density at radius 3 is 2.74 bits per heavy atom. The highest BCUT2D eigenvalue weighted by Crippen LogP contribution is 2.18. The molecule has 0 radical (unpaired) electrons. The standard InChI is InChI=1S/C15H21N3O3S.ClH/c1-2-3-8-22(20,21)18-15(19)13(16)9-11-10-17-14-7-5-4-6-12(11)14;/h4-7,10,13,17H,2-3,8-9,16H2,1H3,(H,18,19);1H/t13-;/m0./s1. The van der Waals surface area contributed by atoms with E-state index in [1.807, 2.05) is 35.9 Å². The SMILES string of the molecule is CCCCS(=O)(=O)NC(=O)[C@@H](N)Cc1c[nH]c2ccccc12.Cl. The molecule has 2 aromatic rings. The van der Waals surface area contributed by atoms with Gasteiger partial charge in [0.25, 0.3) is 5.91 Å². The number of nitrogens with one attached hydrogen (secondary N) is 2. The summed E-state index contributed by atoms with van der Waals surface area (Å²) in [5, 5.41) is 0.986. The number of carbonyl (C=O) groups is 1. The molecule has 0 aliphatic heterocycles. The maximum Gasteiger partial charge on any atom is 0.250 e. The maximum absolute atomic E-state index is 12.0. The van der Waals surface area contributed by atoms with Crippen LogP contribution in [0, 0.1) is 0 Å². The molecule has 0 fully saturated rings. The number of H-pyrrole nitrogens is 1. The second-order valence-corrected chi connectivity index (χ2v) is 7.15. The van der Waals surface area contributed by atoms with Crippen LogP contribution in [0.15, 0.2) is 30.5 Å². The van der Waals surface area contributed by atoms with Crippen molar-refractivity contribution in [2.24, 2.45) is 5.73 Å². The molecule has 23 heavy (non-hydrogen) atoms. The summed E-state index contributed by atoms with van der Waals surface area (Å²) in [4.78, 5) is 15.1. The minimum Gasteiger partial charge on any atom is -0.361 e. The molecule has 0 spiro atoms. The van der Waals surface area contributed by atoms with Crippen molar-refractivity contribution in [3.05, 3.63) is 36.0 Å². The summed E-state index contributed by atoms with van der Waals surface area (Å²) in [7, 11) is -3.60. The van der Waals surface area contributed by atoms with E-state index in [9.17, 15) is 13.2 Å². The minimum atomic E-state index is -3.60. The third kappa shape index (κ3) is 5.23. The van der Waals surface area contributed by atoms with E-state index in [0.717, 1.165) is 22.9 Å². The summed E-state index contributed by atoms with van der Waals surface area (Å²) >= 11 is 0. The first-order chi connectivity index (χ1) is 10.4. The number of para-hydroxylation sites is 1. The lowest BCUT2D eigenvalue weighted by Crippen LogP contribution is -2.45. The Morgan fingerprint density at radius 1 is 1.35 bits per heavy atom. The molecule has 1 heterocycles. The fourth-order valence-corrected chi connectivity index (χ4v) is 3.47. The molecule has 8 heteroatoms. The molecule has 0 saturated carbocycles. The molecule has 0 saturated heterocycles. The Bertz CT molecular complexity index is 758. The number of sulfonamides is 1. The Labute approximate surface area is 142 Å².